The summed E-state index contributed by atoms with van der Waals surface area (Å²) in [4.78, 5) is 26.8. The van der Waals surface area contributed by atoms with E-state index in [9.17, 15) is 4.79 Å². The number of thiophene rings is 1. The van der Waals surface area contributed by atoms with Gasteiger partial charge in [-0.2, -0.15) is 0 Å². The minimum absolute atomic E-state index is 0.128. The molecule has 0 atom stereocenters. The first kappa shape index (κ1) is 17.2. The number of aromatic nitrogens is 3. The van der Waals surface area contributed by atoms with Crippen LogP contribution in [0.1, 0.15) is 26.6 Å². The Kier molecular flexibility index (Phi) is 4.80. The van der Waals surface area contributed by atoms with E-state index >= 15 is 0 Å². The second-order valence-corrected chi connectivity index (χ2v) is 6.93. The van der Waals surface area contributed by atoms with Gasteiger partial charge in [0.05, 0.1) is 23.1 Å². The lowest BCUT2D eigenvalue weighted by Crippen LogP contribution is -2.22. The van der Waals surface area contributed by atoms with Gasteiger partial charge in [0.15, 0.2) is 0 Å². The first-order valence-electron chi connectivity index (χ1n) is 8.40. The van der Waals surface area contributed by atoms with Crippen LogP contribution in [0.15, 0.2) is 53.7 Å². The fourth-order valence-corrected chi connectivity index (χ4v) is 3.84. The zero-order chi connectivity index (χ0) is 18.6. The SMILES string of the molecule is Cc1c(C(=O)NCc2cccnc2)sc2ncnc(NCc3ccco3)c12. The molecule has 0 saturated heterocycles. The van der Waals surface area contributed by atoms with Crippen LogP contribution in [0.3, 0.4) is 0 Å². The maximum Gasteiger partial charge on any atom is 0.261 e. The molecule has 0 aliphatic rings. The van der Waals surface area contributed by atoms with Crippen molar-refractivity contribution < 1.29 is 9.21 Å². The second kappa shape index (κ2) is 7.55. The number of carbonyl (C=O) groups is 1. The maximum absolute atomic E-state index is 12.7. The largest absolute Gasteiger partial charge is 0.467 e. The molecule has 4 aromatic rings. The summed E-state index contributed by atoms with van der Waals surface area (Å²) in [6, 6.07) is 7.50. The highest BCUT2D eigenvalue weighted by Gasteiger charge is 2.19. The average molecular weight is 379 g/mol. The van der Waals surface area contributed by atoms with Crippen molar-refractivity contribution in [1.29, 1.82) is 0 Å². The average Bonchev–Trinajstić information content (AvgIpc) is 3.34. The number of nitrogens with one attached hydrogen (secondary N) is 2. The van der Waals surface area contributed by atoms with Gasteiger partial charge in [0, 0.05) is 18.9 Å². The monoisotopic (exact) mass is 379 g/mol. The molecule has 1 amide bonds. The molecule has 0 unspecified atom stereocenters. The predicted molar refractivity (Wildman–Crippen MR) is 104 cm³/mol. The van der Waals surface area contributed by atoms with Crippen LogP contribution >= 0.6 is 11.3 Å². The number of anilines is 1. The van der Waals surface area contributed by atoms with Crippen LogP contribution in [-0.2, 0) is 13.1 Å². The lowest BCUT2D eigenvalue weighted by Gasteiger charge is -2.06. The number of hydrogen-bond donors (Lipinski definition) is 2. The molecule has 0 saturated carbocycles. The van der Waals surface area contributed by atoms with Gasteiger partial charge in [-0.1, -0.05) is 6.07 Å². The van der Waals surface area contributed by atoms with E-state index in [-0.39, 0.29) is 5.91 Å². The molecule has 0 aromatic carbocycles. The Morgan fingerprint density at radius 3 is 2.93 bits per heavy atom. The van der Waals surface area contributed by atoms with Gasteiger partial charge in [0.1, 0.15) is 22.7 Å². The molecule has 0 fully saturated rings. The van der Waals surface area contributed by atoms with Crippen molar-refractivity contribution in [2.75, 3.05) is 5.32 Å². The van der Waals surface area contributed by atoms with Crippen molar-refractivity contribution in [1.82, 2.24) is 20.3 Å². The summed E-state index contributed by atoms with van der Waals surface area (Å²) in [5.41, 5.74) is 1.81. The van der Waals surface area contributed by atoms with E-state index in [1.54, 1.807) is 18.7 Å². The zero-order valence-corrected chi connectivity index (χ0v) is 15.4. The van der Waals surface area contributed by atoms with Crippen LogP contribution in [0.25, 0.3) is 10.2 Å². The number of hydrogen-bond acceptors (Lipinski definition) is 7. The number of amides is 1. The summed E-state index contributed by atoms with van der Waals surface area (Å²) in [7, 11) is 0. The molecule has 0 aliphatic heterocycles. The van der Waals surface area contributed by atoms with Crippen LogP contribution < -0.4 is 10.6 Å². The Morgan fingerprint density at radius 1 is 1.22 bits per heavy atom. The quantitative estimate of drug-likeness (QED) is 0.532. The van der Waals surface area contributed by atoms with Crippen LogP contribution in [0.5, 0.6) is 0 Å². The van der Waals surface area contributed by atoms with Crippen LogP contribution in [-0.4, -0.2) is 20.9 Å². The van der Waals surface area contributed by atoms with Crippen LogP contribution in [0.2, 0.25) is 0 Å². The van der Waals surface area contributed by atoms with Gasteiger partial charge in [0.25, 0.3) is 5.91 Å². The van der Waals surface area contributed by atoms with Crippen molar-refractivity contribution >= 4 is 33.3 Å². The summed E-state index contributed by atoms with van der Waals surface area (Å²) < 4.78 is 5.34. The first-order valence-corrected chi connectivity index (χ1v) is 9.21. The van der Waals surface area contributed by atoms with Gasteiger partial charge in [-0.15, -0.1) is 11.3 Å². The molecule has 0 spiro atoms. The Morgan fingerprint density at radius 2 is 2.15 bits per heavy atom. The molecule has 0 aliphatic carbocycles. The lowest BCUT2D eigenvalue weighted by molar-refractivity contribution is 0.0954. The normalized spacial score (nSPS) is 10.9. The molecule has 7 nitrogen and oxygen atoms in total. The van der Waals surface area contributed by atoms with E-state index in [0.717, 1.165) is 27.1 Å². The fraction of sp³-hybridized carbons (Fsp3) is 0.158. The molecule has 27 heavy (non-hydrogen) atoms. The van der Waals surface area contributed by atoms with E-state index in [0.29, 0.717) is 23.8 Å². The molecular weight excluding hydrogens is 362 g/mol. The molecule has 4 aromatic heterocycles. The number of rotatable bonds is 6. The summed E-state index contributed by atoms with van der Waals surface area (Å²) in [6.45, 7) is 2.85. The second-order valence-electron chi connectivity index (χ2n) is 5.94. The molecule has 4 rings (SSSR count). The van der Waals surface area contributed by atoms with Crippen molar-refractivity contribution in [3.8, 4) is 0 Å². The van der Waals surface area contributed by atoms with Crippen LogP contribution in [0.4, 0.5) is 5.82 Å². The Bertz CT molecular complexity index is 1060. The number of carbonyl (C=O) groups excluding carboxylic acids is 1. The van der Waals surface area contributed by atoms with Crippen molar-refractivity contribution in [2.24, 2.45) is 0 Å². The Hall–Kier alpha value is -3.26. The molecular formula is C19H17N5O2S. The number of furan rings is 1. The third kappa shape index (κ3) is 3.65. The highest BCUT2D eigenvalue weighted by atomic mass is 32.1. The molecule has 4 heterocycles. The highest BCUT2D eigenvalue weighted by molar-refractivity contribution is 7.20. The zero-order valence-electron chi connectivity index (χ0n) is 14.6. The van der Waals surface area contributed by atoms with Gasteiger partial charge < -0.3 is 15.1 Å². The summed E-state index contributed by atoms with van der Waals surface area (Å²) in [5, 5.41) is 7.06. The maximum atomic E-state index is 12.7. The number of aryl methyl sites for hydroxylation is 1. The van der Waals surface area contributed by atoms with Gasteiger partial charge in [0.2, 0.25) is 0 Å². The van der Waals surface area contributed by atoms with Crippen LogP contribution in [0, 0.1) is 6.92 Å². The van der Waals surface area contributed by atoms with Gasteiger partial charge in [-0.3, -0.25) is 9.78 Å². The first-order chi connectivity index (χ1) is 13.2. The topological polar surface area (TPSA) is 92.9 Å². The Balaban J connectivity index is 1.56. The van der Waals surface area contributed by atoms with Crippen molar-refractivity contribution in [2.45, 2.75) is 20.0 Å². The summed E-state index contributed by atoms with van der Waals surface area (Å²) >= 11 is 1.36. The van der Waals surface area contributed by atoms with Gasteiger partial charge in [-0.25, -0.2) is 9.97 Å². The van der Waals surface area contributed by atoms with Crippen molar-refractivity contribution in [3.63, 3.8) is 0 Å². The molecule has 0 bridgehead atoms. The van der Waals surface area contributed by atoms with Gasteiger partial charge in [-0.05, 0) is 36.2 Å². The molecule has 136 valence electrons. The van der Waals surface area contributed by atoms with E-state index < -0.39 is 0 Å². The number of fused-ring (bicyclic) bond motifs is 1. The van der Waals surface area contributed by atoms with Crippen molar-refractivity contribution in [3.05, 3.63) is 71.0 Å². The summed E-state index contributed by atoms with van der Waals surface area (Å²) in [5.74, 6) is 1.37. The smallest absolute Gasteiger partial charge is 0.261 e. The number of nitrogens with zero attached hydrogens (tertiary/aromatic N) is 3. The number of pyridine rings is 1. The van der Waals surface area contributed by atoms with E-state index in [1.165, 1.54) is 17.7 Å². The fourth-order valence-electron chi connectivity index (χ4n) is 2.77. The Labute approximate surface area is 159 Å². The minimum Gasteiger partial charge on any atom is -0.467 e. The molecule has 2 N–H and O–H groups in total. The van der Waals surface area contributed by atoms with E-state index in [1.807, 2.05) is 31.2 Å². The third-order valence-corrected chi connectivity index (χ3v) is 5.32. The summed E-state index contributed by atoms with van der Waals surface area (Å²) in [6.07, 6.45) is 6.57. The molecule has 8 heteroatoms. The predicted octanol–water partition coefficient (Wildman–Crippen LogP) is 3.53. The molecule has 0 radical (unpaired) electrons. The highest BCUT2D eigenvalue weighted by Crippen LogP contribution is 2.33. The van der Waals surface area contributed by atoms with Gasteiger partial charge >= 0.3 is 0 Å². The third-order valence-electron chi connectivity index (χ3n) is 4.12. The van der Waals surface area contributed by atoms with E-state index in [2.05, 4.69) is 25.6 Å². The lowest BCUT2D eigenvalue weighted by atomic mass is 10.2. The minimum atomic E-state index is -0.128. The van der Waals surface area contributed by atoms with E-state index in [4.69, 9.17) is 4.42 Å². The standard InChI is InChI=1S/C19H17N5O2S/c1-12-15-17(21-10-14-5-3-7-26-14)23-11-24-19(15)27-16(12)18(25)22-9-13-4-2-6-20-8-13/h2-8,11H,9-10H2,1H3,(H,22,25)(H,21,23,24).